The Morgan fingerprint density at radius 3 is 2.83 bits per heavy atom. The van der Waals surface area contributed by atoms with E-state index in [-0.39, 0.29) is 24.1 Å². The lowest BCUT2D eigenvalue weighted by molar-refractivity contribution is -0.125. The smallest absolute Gasteiger partial charge is 0.340 e. The van der Waals surface area contributed by atoms with Crippen LogP contribution in [0.1, 0.15) is 43.5 Å². The Bertz CT molecular complexity index is 591. The molecule has 1 aromatic rings. The molecule has 126 valence electrons. The molecule has 0 bridgehead atoms. The van der Waals surface area contributed by atoms with Crippen molar-refractivity contribution < 1.29 is 14.3 Å². The highest BCUT2D eigenvalue weighted by atomic mass is 79.9. The van der Waals surface area contributed by atoms with E-state index >= 15 is 0 Å². The number of nitrogens with two attached hydrogens (primary N) is 1. The van der Waals surface area contributed by atoms with E-state index in [2.05, 4.69) is 35.1 Å². The molecule has 2 rings (SSSR count). The first-order chi connectivity index (χ1) is 10.9. The predicted molar refractivity (Wildman–Crippen MR) is 92.9 cm³/mol. The molecule has 1 saturated carbocycles. The monoisotopic (exact) mass is 382 g/mol. The van der Waals surface area contributed by atoms with Crippen LogP contribution in [0, 0.1) is 11.8 Å². The minimum absolute atomic E-state index is 0.154. The van der Waals surface area contributed by atoms with Crippen LogP contribution in [-0.4, -0.2) is 24.5 Å². The maximum absolute atomic E-state index is 12.0. The van der Waals surface area contributed by atoms with E-state index in [4.69, 9.17) is 10.5 Å². The summed E-state index contributed by atoms with van der Waals surface area (Å²) in [5.74, 6) is 0.170. The summed E-state index contributed by atoms with van der Waals surface area (Å²) in [5, 5.41) is 2.98. The van der Waals surface area contributed by atoms with Gasteiger partial charge in [-0.3, -0.25) is 4.79 Å². The highest BCUT2D eigenvalue weighted by Gasteiger charge is 2.28. The molecule has 3 atom stereocenters. The first-order valence-corrected chi connectivity index (χ1v) is 8.69. The number of carbonyl (C=O) groups excluding carboxylic acids is 2. The molecule has 23 heavy (non-hydrogen) atoms. The molecule has 1 aliphatic rings. The van der Waals surface area contributed by atoms with Crippen molar-refractivity contribution in [1.29, 1.82) is 0 Å². The maximum Gasteiger partial charge on any atom is 0.340 e. The lowest BCUT2D eigenvalue weighted by atomic mass is 9.78. The molecule has 5 nitrogen and oxygen atoms in total. The van der Waals surface area contributed by atoms with Gasteiger partial charge in [-0.05, 0) is 36.5 Å². The zero-order valence-corrected chi connectivity index (χ0v) is 15.1. The number of anilines is 1. The van der Waals surface area contributed by atoms with Crippen LogP contribution in [0.25, 0.3) is 0 Å². The second-order valence-corrected chi connectivity index (χ2v) is 7.16. The number of ether oxygens (including phenoxy) is 1. The van der Waals surface area contributed by atoms with Crippen LogP contribution in [0.2, 0.25) is 0 Å². The normalized spacial score (nSPS) is 24.0. The molecule has 0 saturated heterocycles. The number of benzene rings is 1. The second-order valence-electron chi connectivity index (χ2n) is 6.25. The third-order valence-corrected chi connectivity index (χ3v) is 5.12. The zero-order chi connectivity index (χ0) is 17.0. The van der Waals surface area contributed by atoms with E-state index in [0.29, 0.717) is 17.5 Å². The highest BCUT2D eigenvalue weighted by molar-refractivity contribution is 9.10. The Labute approximate surface area is 145 Å². The third kappa shape index (κ3) is 4.70. The predicted octanol–water partition coefficient (Wildman–Crippen LogP) is 3.13. The van der Waals surface area contributed by atoms with E-state index in [0.717, 1.165) is 17.3 Å². The maximum atomic E-state index is 12.0. The van der Waals surface area contributed by atoms with Crippen molar-refractivity contribution in [2.24, 2.45) is 11.8 Å². The molecule has 1 aromatic carbocycles. The van der Waals surface area contributed by atoms with E-state index < -0.39 is 5.97 Å². The Kier molecular flexibility index (Phi) is 6.04. The third-order valence-electron chi connectivity index (χ3n) is 4.62. The Hall–Kier alpha value is -1.56. The molecule has 0 aromatic heterocycles. The van der Waals surface area contributed by atoms with Gasteiger partial charge >= 0.3 is 5.97 Å². The Balaban J connectivity index is 1.86. The molecule has 0 radical (unpaired) electrons. The van der Waals surface area contributed by atoms with Crippen molar-refractivity contribution in [2.75, 3.05) is 12.3 Å². The molecule has 3 N–H and O–H groups in total. The van der Waals surface area contributed by atoms with Gasteiger partial charge in [0.25, 0.3) is 5.91 Å². The van der Waals surface area contributed by atoms with Gasteiger partial charge in [-0.2, -0.15) is 0 Å². The number of amides is 1. The number of hydrogen-bond donors (Lipinski definition) is 2. The number of carbonyl (C=O) groups is 2. The molecular weight excluding hydrogens is 360 g/mol. The van der Waals surface area contributed by atoms with Gasteiger partial charge in [-0.15, -0.1) is 0 Å². The lowest BCUT2D eigenvalue weighted by Gasteiger charge is -2.34. The molecule has 0 spiro atoms. The molecule has 1 fully saturated rings. The number of nitrogen functional groups attached to an aromatic ring is 1. The summed E-state index contributed by atoms with van der Waals surface area (Å²) in [4.78, 5) is 24.1. The van der Waals surface area contributed by atoms with Crippen molar-refractivity contribution >= 4 is 33.5 Å². The van der Waals surface area contributed by atoms with Gasteiger partial charge < -0.3 is 15.8 Å². The zero-order valence-electron chi connectivity index (χ0n) is 13.5. The van der Waals surface area contributed by atoms with Crippen LogP contribution < -0.4 is 11.1 Å². The number of esters is 1. The van der Waals surface area contributed by atoms with Crippen molar-refractivity contribution in [1.82, 2.24) is 5.32 Å². The molecule has 1 aliphatic carbocycles. The summed E-state index contributed by atoms with van der Waals surface area (Å²) in [7, 11) is 0. The van der Waals surface area contributed by atoms with E-state index in [9.17, 15) is 9.59 Å². The fourth-order valence-corrected chi connectivity index (χ4v) is 3.31. The second kappa shape index (κ2) is 7.81. The fraction of sp³-hybridized carbons (Fsp3) is 0.529. The number of nitrogens with one attached hydrogen (secondary N) is 1. The summed E-state index contributed by atoms with van der Waals surface area (Å²) in [5.41, 5.74) is 6.34. The molecular formula is C17H23BrN2O3. The van der Waals surface area contributed by atoms with Crippen LogP contribution in [0.15, 0.2) is 22.7 Å². The Morgan fingerprint density at radius 1 is 1.35 bits per heavy atom. The van der Waals surface area contributed by atoms with Crippen molar-refractivity contribution in [3.63, 3.8) is 0 Å². The van der Waals surface area contributed by atoms with Gasteiger partial charge in [0.15, 0.2) is 6.61 Å². The molecule has 0 heterocycles. The van der Waals surface area contributed by atoms with Crippen molar-refractivity contribution in [3.05, 3.63) is 28.2 Å². The first kappa shape index (κ1) is 17.8. The molecule has 0 unspecified atom stereocenters. The van der Waals surface area contributed by atoms with Crippen LogP contribution in [0.5, 0.6) is 0 Å². The SMILES string of the molecule is C[C@@H]1[C@H](C)CCC[C@@H]1NC(=O)COC(=O)c1cc(Br)ccc1N. The van der Waals surface area contributed by atoms with Gasteiger partial charge in [0, 0.05) is 16.2 Å². The summed E-state index contributed by atoms with van der Waals surface area (Å²) < 4.78 is 5.81. The van der Waals surface area contributed by atoms with Gasteiger partial charge in [-0.25, -0.2) is 4.79 Å². The lowest BCUT2D eigenvalue weighted by Crippen LogP contribution is -2.45. The Morgan fingerprint density at radius 2 is 2.09 bits per heavy atom. The number of hydrogen-bond acceptors (Lipinski definition) is 4. The average molecular weight is 383 g/mol. The van der Waals surface area contributed by atoms with Gasteiger partial charge in [-0.1, -0.05) is 42.6 Å². The van der Waals surface area contributed by atoms with E-state index in [1.165, 1.54) is 6.42 Å². The van der Waals surface area contributed by atoms with Gasteiger partial charge in [0.05, 0.1) is 5.56 Å². The quantitative estimate of drug-likeness (QED) is 0.618. The van der Waals surface area contributed by atoms with Crippen molar-refractivity contribution in [3.8, 4) is 0 Å². The highest BCUT2D eigenvalue weighted by Crippen LogP contribution is 2.29. The standard InChI is InChI=1S/C17H23BrN2O3/c1-10-4-3-5-15(11(10)2)20-16(21)9-23-17(22)13-8-12(18)6-7-14(13)19/h6-8,10-11,15H,3-5,9,19H2,1-2H3,(H,20,21)/t10-,11-,15+/m1/s1. The van der Waals surface area contributed by atoms with Crippen LogP contribution >= 0.6 is 15.9 Å². The van der Waals surface area contributed by atoms with E-state index in [1.54, 1.807) is 18.2 Å². The number of rotatable bonds is 4. The minimum Gasteiger partial charge on any atom is -0.452 e. The van der Waals surface area contributed by atoms with Crippen LogP contribution in [0.4, 0.5) is 5.69 Å². The molecule has 1 amide bonds. The average Bonchev–Trinajstić information content (AvgIpc) is 2.52. The first-order valence-electron chi connectivity index (χ1n) is 7.90. The van der Waals surface area contributed by atoms with E-state index in [1.807, 2.05) is 0 Å². The molecule has 0 aliphatic heterocycles. The van der Waals surface area contributed by atoms with Crippen LogP contribution in [-0.2, 0) is 9.53 Å². The largest absolute Gasteiger partial charge is 0.452 e. The van der Waals surface area contributed by atoms with Gasteiger partial charge in [0.1, 0.15) is 0 Å². The topological polar surface area (TPSA) is 81.4 Å². The van der Waals surface area contributed by atoms with Crippen LogP contribution in [0.3, 0.4) is 0 Å². The van der Waals surface area contributed by atoms with Gasteiger partial charge in [0.2, 0.25) is 0 Å². The fourth-order valence-electron chi connectivity index (χ4n) is 2.95. The summed E-state index contributed by atoms with van der Waals surface area (Å²) >= 11 is 3.28. The molecule has 6 heteroatoms. The van der Waals surface area contributed by atoms with Crippen molar-refractivity contribution in [2.45, 2.75) is 39.2 Å². The summed E-state index contributed by atoms with van der Waals surface area (Å²) in [6.07, 6.45) is 3.29. The summed E-state index contributed by atoms with van der Waals surface area (Å²) in [6.45, 7) is 4.07. The summed E-state index contributed by atoms with van der Waals surface area (Å²) in [6, 6.07) is 5.09. The number of halogens is 1. The minimum atomic E-state index is -0.594.